The van der Waals surface area contributed by atoms with E-state index in [0.29, 0.717) is 22.9 Å². The maximum atomic E-state index is 12.4. The van der Waals surface area contributed by atoms with Crippen LogP contribution in [0.15, 0.2) is 60.0 Å². The number of sulfonamides is 1. The Balaban J connectivity index is 2.34. The summed E-state index contributed by atoms with van der Waals surface area (Å²) in [6, 6.07) is 10.6. The van der Waals surface area contributed by atoms with Gasteiger partial charge < -0.3 is 10.1 Å². The average molecular weight is 395 g/mol. The summed E-state index contributed by atoms with van der Waals surface area (Å²) >= 11 is 5.82. The minimum Gasteiger partial charge on any atom is -0.492 e. The highest BCUT2D eigenvalue weighted by Crippen LogP contribution is 2.28. The van der Waals surface area contributed by atoms with Crippen molar-refractivity contribution in [3.8, 4) is 5.75 Å². The monoisotopic (exact) mass is 394 g/mol. The Morgan fingerprint density at radius 2 is 1.92 bits per heavy atom. The number of hydrogen-bond acceptors (Lipinski definition) is 4. The summed E-state index contributed by atoms with van der Waals surface area (Å²) in [6.07, 6.45) is 1.44. The molecule has 1 amide bonds. The van der Waals surface area contributed by atoms with Gasteiger partial charge in [-0.1, -0.05) is 17.7 Å². The van der Waals surface area contributed by atoms with Gasteiger partial charge in [0.2, 0.25) is 10.0 Å². The van der Waals surface area contributed by atoms with Crippen molar-refractivity contribution in [2.24, 2.45) is 0 Å². The van der Waals surface area contributed by atoms with E-state index >= 15 is 0 Å². The smallest absolute Gasteiger partial charge is 0.255 e. The van der Waals surface area contributed by atoms with Crippen LogP contribution in [0.1, 0.15) is 17.3 Å². The second-order valence-corrected chi connectivity index (χ2v) is 7.40. The van der Waals surface area contributed by atoms with E-state index in [1.165, 1.54) is 24.3 Å². The van der Waals surface area contributed by atoms with E-state index in [4.69, 9.17) is 16.3 Å². The number of carbonyl (C=O) groups excluding carboxylic acids is 1. The molecular weight excluding hydrogens is 376 g/mol. The van der Waals surface area contributed by atoms with Gasteiger partial charge in [0.05, 0.1) is 17.2 Å². The number of benzene rings is 2. The summed E-state index contributed by atoms with van der Waals surface area (Å²) in [4.78, 5) is 12.4. The SMILES string of the molecule is C=CCNS(=O)(=O)c1ccc(OCC)c(NC(=O)c2ccc(Cl)cc2)c1. The lowest BCUT2D eigenvalue weighted by Gasteiger charge is -2.14. The van der Waals surface area contributed by atoms with Crippen molar-refractivity contribution in [2.45, 2.75) is 11.8 Å². The highest BCUT2D eigenvalue weighted by Gasteiger charge is 2.17. The van der Waals surface area contributed by atoms with Crippen LogP contribution in [0.5, 0.6) is 5.75 Å². The molecule has 2 rings (SSSR count). The molecule has 26 heavy (non-hydrogen) atoms. The molecule has 8 heteroatoms. The first kappa shape index (κ1) is 20.0. The highest BCUT2D eigenvalue weighted by molar-refractivity contribution is 7.89. The van der Waals surface area contributed by atoms with Crippen LogP contribution in [0, 0.1) is 0 Å². The molecule has 0 bridgehead atoms. The summed E-state index contributed by atoms with van der Waals surface area (Å²) in [5, 5.41) is 3.19. The van der Waals surface area contributed by atoms with Crippen molar-refractivity contribution in [3.05, 3.63) is 65.7 Å². The van der Waals surface area contributed by atoms with Crippen LogP contribution >= 0.6 is 11.6 Å². The van der Waals surface area contributed by atoms with Crippen molar-refractivity contribution in [1.29, 1.82) is 0 Å². The lowest BCUT2D eigenvalue weighted by Crippen LogP contribution is -2.24. The van der Waals surface area contributed by atoms with Gasteiger partial charge in [-0.05, 0) is 49.4 Å². The highest BCUT2D eigenvalue weighted by atomic mass is 35.5. The van der Waals surface area contributed by atoms with Gasteiger partial charge in [0.15, 0.2) is 0 Å². The van der Waals surface area contributed by atoms with Gasteiger partial charge in [0, 0.05) is 17.1 Å². The fourth-order valence-corrected chi connectivity index (χ4v) is 3.25. The maximum absolute atomic E-state index is 12.4. The van der Waals surface area contributed by atoms with Gasteiger partial charge in [0.1, 0.15) is 5.75 Å². The van der Waals surface area contributed by atoms with E-state index in [1.807, 2.05) is 0 Å². The predicted molar refractivity (Wildman–Crippen MR) is 102 cm³/mol. The number of carbonyl (C=O) groups is 1. The minimum atomic E-state index is -3.73. The van der Waals surface area contributed by atoms with Gasteiger partial charge in [0.25, 0.3) is 5.91 Å². The largest absolute Gasteiger partial charge is 0.492 e. The maximum Gasteiger partial charge on any atom is 0.255 e. The molecule has 6 nitrogen and oxygen atoms in total. The Hall–Kier alpha value is -2.35. The van der Waals surface area contributed by atoms with Crippen molar-refractivity contribution < 1.29 is 17.9 Å². The van der Waals surface area contributed by atoms with Crippen molar-refractivity contribution in [2.75, 3.05) is 18.5 Å². The summed E-state index contributed by atoms with van der Waals surface area (Å²) in [5.41, 5.74) is 0.642. The Morgan fingerprint density at radius 3 is 2.54 bits per heavy atom. The molecule has 0 heterocycles. The van der Waals surface area contributed by atoms with E-state index in [1.54, 1.807) is 31.2 Å². The molecule has 0 saturated heterocycles. The van der Waals surface area contributed by atoms with E-state index in [0.717, 1.165) is 0 Å². The van der Waals surface area contributed by atoms with E-state index < -0.39 is 15.9 Å². The molecule has 0 atom stereocenters. The topological polar surface area (TPSA) is 84.5 Å². The molecule has 0 spiro atoms. The molecule has 0 aliphatic carbocycles. The molecule has 0 aliphatic rings. The summed E-state index contributed by atoms with van der Waals surface area (Å²) in [5.74, 6) is -0.0336. The summed E-state index contributed by atoms with van der Waals surface area (Å²) in [6.45, 7) is 5.74. The van der Waals surface area contributed by atoms with Crippen LogP contribution in [0.3, 0.4) is 0 Å². The van der Waals surface area contributed by atoms with Crippen LogP contribution in [-0.4, -0.2) is 27.5 Å². The molecule has 2 aromatic carbocycles. The zero-order valence-electron chi connectivity index (χ0n) is 14.2. The molecule has 0 aromatic heterocycles. The standard InChI is InChI=1S/C18H19ClN2O4S/c1-3-11-20-26(23,24)15-9-10-17(25-4-2)16(12-15)21-18(22)13-5-7-14(19)8-6-13/h3,5-10,12,20H,1,4,11H2,2H3,(H,21,22). The van der Waals surface area contributed by atoms with Crippen LogP contribution in [0.25, 0.3) is 0 Å². The molecule has 0 fully saturated rings. The first-order chi connectivity index (χ1) is 12.4. The second-order valence-electron chi connectivity index (χ2n) is 5.19. The number of amides is 1. The number of ether oxygens (including phenoxy) is 1. The first-order valence-corrected chi connectivity index (χ1v) is 9.68. The van der Waals surface area contributed by atoms with E-state index in [9.17, 15) is 13.2 Å². The lowest BCUT2D eigenvalue weighted by molar-refractivity contribution is 0.102. The average Bonchev–Trinajstić information content (AvgIpc) is 2.62. The molecule has 138 valence electrons. The molecule has 0 radical (unpaired) electrons. The Bertz CT molecular complexity index is 896. The minimum absolute atomic E-state index is 0.00853. The van der Waals surface area contributed by atoms with E-state index in [-0.39, 0.29) is 17.1 Å². The number of rotatable bonds is 8. The molecule has 0 unspecified atom stereocenters. The third-order valence-corrected chi connectivity index (χ3v) is 5.01. The Morgan fingerprint density at radius 1 is 1.23 bits per heavy atom. The van der Waals surface area contributed by atoms with Gasteiger partial charge in [-0.15, -0.1) is 6.58 Å². The van der Waals surface area contributed by atoms with Crippen molar-refractivity contribution >= 4 is 33.2 Å². The van der Waals surface area contributed by atoms with Gasteiger partial charge in [-0.2, -0.15) is 0 Å². The summed E-state index contributed by atoms with van der Waals surface area (Å²) < 4.78 is 32.4. The molecule has 0 aliphatic heterocycles. The van der Waals surface area contributed by atoms with E-state index in [2.05, 4.69) is 16.6 Å². The first-order valence-electron chi connectivity index (χ1n) is 7.81. The van der Waals surface area contributed by atoms with Gasteiger partial charge in [-0.25, -0.2) is 13.1 Å². The summed E-state index contributed by atoms with van der Waals surface area (Å²) in [7, 11) is -3.73. The number of halogens is 1. The van der Waals surface area contributed by atoms with Crippen molar-refractivity contribution in [3.63, 3.8) is 0 Å². The predicted octanol–water partition coefficient (Wildman–Crippen LogP) is 3.46. The van der Waals surface area contributed by atoms with Crippen LogP contribution < -0.4 is 14.8 Å². The fourth-order valence-electron chi connectivity index (χ4n) is 2.10. The molecule has 0 saturated carbocycles. The number of hydrogen-bond donors (Lipinski definition) is 2. The Kier molecular flexibility index (Phi) is 6.79. The molecular formula is C18H19ClN2O4S. The molecule has 2 N–H and O–H groups in total. The third-order valence-electron chi connectivity index (χ3n) is 3.33. The number of anilines is 1. The van der Waals surface area contributed by atoms with Crippen molar-refractivity contribution in [1.82, 2.24) is 4.72 Å². The van der Waals surface area contributed by atoms with Crippen LogP contribution in [-0.2, 0) is 10.0 Å². The van der Waals surface area contributed by atoms with Gasteiger partial charge >= 0.3 is 0 Å². The zero-order valence-corrected chi connectivity index (χ0v) is 15.7. The zero-order chi connectivity index (χ0) is 19.2. The molecule has 2 aromatic rings. The Labute approximate surface area is 157 Å². The fraction of sp³-hybridized carbons (Fsp3) is 0.167. The van der Waals surface area contributed by atoms with Gasteiger partial charge in [-0.3, -0.25) is 4.79 Å². The lowest BCUT2D eigenvalue weighted by atomic mass is 10.2. The van der Waals surface area contributed by atoms with Crippen LogP contribution in [0.4, 0.5) is 5.69 Å². The quantitative estimate of drug-likeness (QED) is 0.671. The normalized spacial score (nSPS) is 11.0. The third kappa shape index (κ3) is 5.08. The number of nitrogens with one attached hydrogen (secondary N) is 2. The second kappa shape index (κ2) is 8.84. The van der Waals surface area contributed by atoms with Crippen LogP contribution in [0.2, 0.25) is 5.02 Å².